The zero-order valence-corrected chi connectivity index (χ0v) is 9.38. The van der Waals surface area contributed by atoms with Crippen LogP contribution in [0.1, 0.15) is 30.4 Å². The van der Waals surface area contributed by atoms with Gasteiger partial charge in [0.2, 0.25) is 0 Å². The van der Waals surface area contributed by atoms with Crippen molar-refractivity contribution in [2.75, 3.05) is 13.1 Å². The molecule has 2 aliphatic rings. The Morgan fingerprint density at radius 3 is 2.69 bits per heavy atom. The Kier molecular flexibility index (Phi) is 2.43. The van der Waals surface area contributed by atoms with Gasteiger partial charge in [0.25, 0.3) is 0 Å². The number of allylic oxidation sites excluding steroid dienone is 1. The second kappa shape index (κ2) is 3.93. The minimum atomic E-state index is -0.127. The highest BCUT2D eigenvalue weighted by Gasteiger charge is 2.18. The van der Waals surface area contributed by atoms with E-state index in [1.54, 1.807) is 12.1 Å². The van der Waals surface area contributed by atoms with E-state index in [2.05, 4.69) is 11.0 Å². The average molecular weight is 217 g/mol. The van der Waals surface area contributed by atoms with E-state index in [1.807, 2.05) is 6.07 Å². The summed E-state index contributed by atoms with van der Waals surface area (Å²) in [5.41, 5.74) is 3.76. The van der Waals surface area contributed by atoms with Crippen LogP contribution in [0.4, 0.5) is 4.39 Å². The van der Waals surface area contributed by atoms with Gasteiger partial charge in [0.15, 0.2) is 0 Å². The van der Waals surface area contributed by atoms with Crippen molar-refractivity contribution in [1.82, 2.24) is 4.90 Å². The van der Waals surface area contributed by atoms with Crippen molar-refractivity contribution in [2.45, 2.75) is 25.7 Å². The molecule has 0 saturated carbocycles. The van der Waals surface area contributed by atoms with E-state index in [9.17, 15) is 4.39 Å². The van der Waals surface area contributed by atoms with Gasteiger partial charge >= 0.3 is 0 Å². The lowest BCUT2D eigenvalue weighted by molar-refractivity contribution is 0.411. The third-order valence-corrected chi connectivity index (χ3v) is 3.59. The summed E-state index contributed by atoms with van der Waals surface area (Å²) in [7, 11) is 0. The molecule has 0 N–H and O–H groups in total. The fourth-order valence-electron chi connectivity index (χ4n) is 2.70. The minimum absolute atomic E-state index is 0.127. The molecule has 0 bridgehead atoms. The van der Waals surface area contributed by atoms with Crippen molar-refractivity contribution < 1.29 is 4.39 Å². The summed E-state index contributed by atoms with van der Waals surface area (Å²) >= 11 is 0. The van der Waals surface area contributed by atoms with Crippen molar-refractivity contribution in [2.24, 2.45) is 0 Å². The molecule has 16 heavy (non-hydrogen) atoms. The predicted octanol–water partition coefficient (Wildman–Crippen LogP) is 3.21. The van der Waals surface area contributed by atoms with E-state index in [0.717, 1.165) is 18.4 Å². The molecule has 1 aliphatic carbocycles. The zero-order chi connectivity index (χ0) is 11.0. The molecular weight excluding hydrogens is 201 g/mol. The van der Waals surface area contributed by atoms with Gasteiger partial charge in [-0.05, 0) is 55.0 Å². The summed E-state index contributed by atoms with van der Waals surface area (Å²) in [5, 5.41) is 0. The van der Waals surface area contributed by atoms with Crippen LogP contribution < -0.4 is 0 Å². The van der Waals surface area contributed by atoms with Gasteiger partial charge in [-0.1, -0.05) is 6.07 Å². The van der Waals surface area contributed by atoms with Crippen molar-refractivity contribution in [3.05, 3.63) is 40.8 Å². The van der Waals surface area contributed by atoms with E-state index < -0.39 is 0 Å². The Morgan fingerprint density at radius 2 is 1.88 bits per heavy atom. The van der Waals surface area contributed by atoms with E-state index in [4.69, 9.17) is 0 Å². The van der Waals surface area contributed by atoms with E-state index in [0.29, 0.717) is 0 Å². The van der Waals surface area contributed by atoms with E-state index >= 15 is 0 Å². The van der Waals surface area contributed by atoms with Crippen LogP contribution in [0.25, 0.3) is 6.08 Å². The van der Waals surface area contributed by atoms with E-state index in [1.165, 1.54) is 37.2 Å². The number of benzene rings is 1. The Hall–Kier alpha value is -1.31. The number of halogens is 1. The zero-order valence-electron chi connectivity index (χ0n) is 9.38. The molecule has 1 fully saturated rings. The molecule has 1 heterocycles. The van der Waals surface area contributed by atoms with Crippen LogP contribution in [0, 0.1) is 5.82 Å². The third kappa shape index (κ3) is 1.73. The second-order valence-corrected chi connectivity index (χ2v) is 4.67. The highest BCUT2D eigenvalue weighted by atomic mass is 19.1. The maximum atomic E-state index is 13.2. The topological polar surface area (TPSA) is 3.24 Å². The van der Waals surface area contributed by atoms with Crippen LogP contribution in [-0.4, -0.2) is 18.0 Å². The molecule has 1 aromatic rings. The fraction of sp³-hybridized carbons (Fsp3) is 0.429. The lowest BCUT2D eigenvalue weighted by atomic mass is 9.95. The number of aryl methyl sites for hydroxylation is 1. The standard InChI is InChI=1S/C14H16FN/c15-13-5-3-11-4-6-14(10-12(11)9-13)16-7-1-2-8-16/h3,5,9-10H,1-2,4,6-8H2. The van der Waals surface area contributed by atoms with Crippen molar-refractivity contribution in [3.63, 3.8) is 0 Å². The molecular formula is C14H16FN. The van der Waals surface area contributed by atoms with Gasteiger partial charge in [-0.25, -0.2) is 4.39 Å². The number of hydrogen-bond donors (Lipinski definition) is 0. The number of likely N-dealkylation sites (tertiary alicyclic amines) is 1. The minimum Gasteiger partial charge on any atom is -0.375 e. The fourth-order valence-corrected chi connectivity index (χ4v) is 2.70. The van der Waals surface area contributed by atoms with Gasteiger partial charge in [0.1, 0.15) is 5.82 Å². The van der Waals surface area contributed by atoms with Gasteiger partial charge in [0.05, 0.1) is 0 Å². The van der Waals surface area contributed by atoms with Crippen LogP contribution in [-0.2, 0) is 6.42 Å². The predicted molar refractivity (Wildman–Crippen MR) is 63.5 cm³/mol. The van der Waals surface area contributed by atoms with Crippen LogP contribution in [0.2, 0.25) is 0 Å². The molecule has 1 aromatic carbocycles. The van der Waals surface area contributed by atoms with Gasteiger partial charge in [-0.15, -0.1) is 0 Å². The monoisotopic (exact) mass is 217 g/mol. The average Bonchev–Trinajstić information content (AvgIpc) is 2.81. The summed E-state index contributed by atoms with van der Waals surface area (Å²) in [6, 6.07) is 5.14. The summed E-state index contributed by atoms with van der Waals surface area (Å²) in [4.78, 5) is 2.45. The first kappa shape index (κ1) is 9.88. The Morgan fingerprint density at radius 1 is 1.06 bits per heavy atom. The van der Waals surface area contributed by atoms with Crippen molar-refractivity contribution >= 4 is 6.08 Å². The van der Waals surface area contributed by atoms with Crippen LogP contribution in [0.15, 0.2) is 23.9 Å². The molecule has 1 nitrogen and oxygen atoms in total. The summed E-state index contributed by atoms with van der Waals surface area (Å²) < 4.78 is 13.2. The van der Waals surface area contributed by atoms with E-state index in [-0.39, 0.29) is 5.82 Å². The highest BCUT2D eigenvalue weighted by molar-refractivity contribution is 5.59. The van der Waals surface area contributed by atoms with Crippen LogP contribution in [0.5, 0.6) is 0 Å². The Bertz CT molecular complexity index is 430. The highest BCUT2D eigenvalue weighted by Crippen LogP contribution is 2.28. The van der Waals surface area contributed by atoms with Crippen LogP contribution >= 0.6 is 0 Å². The molecule has 0 spiro atoms. The molecule has 2 heteroatoms. The SMILES string of the molecule is Fc1ccc2c(c1)C=C(N1CCCC1)CC2. The number of rotatable bonds is 1. The number of hydrogen-bond acceptors (Lipinski definition) is 1. The van der Waals surface area contributed by atoms with Crippen LogP contribution in [0.3, 0.4) is 0 Å². The lowest BCUT2D eigenvalue weighted by Gasteiger charge is -2.25. The molecule has 0 aromatic heterocycles. The number of fused-ring (bicyclic) bond motifs is 1. The van der Waals surface area contributed by atoms with Gasteiger partial charge < -0.3 is 4.90 Å². The van der Waals surface area contributed by atoms with Crippen molar-refractivity contribution in [1.29, 1.82) is 0 Å². The van der Waals surface area contributed by atoms with Gasteiger partial charge in [-0.3, -0.25) is 0 Å². The molecule has 3 rings (SSSR count). The second-order valence-electron chi connectivity index (χ2n) is 4.67. The Labute approximate surface area is 95.6 Å². The Balaban J connectivity index is 1.93. The smallest absolute Gasteiger partial charge is 0.123 e. The maximum Gasteiger partial charge on any atom is 0.123 e. The summed E-state index contributed by atoms with van der Waals surface area (Å²) in [6.07, 6.45) is 6.94. The summed E-state index contributed by atoms with van der Waals surface area (Å²) in [6.45, 7) is 2.35. The first-order valence-corrected chi connectivity index (χ1v) is 6.07. The first-order chi connectivity index (χ1) is 7.83. The molecule has 0 atom stereocenters. The van der Waals surface area contributed by atoms with Crippen molar-refractivity contribution in [3.8, 4) is 0 Å². The first-order valence-electron chi connectivity index (χ1n) is 6.07. The lowest BCUT2D eigenvalue weighted by Crippen LogP contribution is -2.20. The third-order valence-electron chi connectivity index (χ3n) is 3.59. The number of nitrogens with zero attached hydrogens (tertiary/aromatic N) is 1. The summed E-state index contributed by atoms with van der Waals surface area (Å²) in [5.74, 6) is -0.127. The molecule has 84 valence electrons. The van der Waals surface area contributed by atoms with Gasteiger partial charge in [-0.2, -0.15) is 0 Å². The van der Waals surface area contributed by atoms with Gasteiger partial charge in [0, 0.05) is 18.8 Å². The molecule has 1 saturated heterocycles. The maximum absolute atomic E-state index is 13.2. The normalized spacial score (nSPS) is 19.6. The molecule has 0 radical (unpaired) electrons. The molecule has 1 aliphatic heterocycles. The quantitative estimate of drug-likeness (QED) is 0.698. The molecule has 0 amide bonds. The molecule has 0 unspecified atom stereocenters. The largest absolute Gasteiger partial charge is 0.375 e.